The van der Waals surface area contributed by atoms with Crippen LogP contribution in [0.4, 0.5) is 13.6 Å². The van der Waals surface area contributed by atoms with Gasteiger partial charge in [0, 0.05) is 57.3 Å². The van der Waals surface area contributed by atoms with Crippen LogP contribution in [0.25, 0.3) is 11.5 Å². The van der Waals surface area contributed by atoms with Gasteiger partial charge in [0.25, 0.3) is 11.8 Å². The Morgan fingerprint density at radius 1 is 1.02 bits per heavy atom. The molecule has 0 aliphatic carbocycles. The second-order valence-corrected chi connectivity index (χ2v) is 11.8. The Hall–Kier alpha value is -4.06. The van der Waals surface area contributed by atoms with Crippen molar-refractivity contribution >= 4 is 12.0 Å². The molecule has 3 heterocycles. The number of carbonyl (C=O) groups is 2. The molecule has 0 radical (unpaired) electrons. The molecule has 10 nitrogen and oxygen atoms in total. The van der Waals surface area contributed by atoms with Crippen molar-refractivity contribution in [1.82, 2.24) is 24.8 Å². The summed E-state index contributed by atoms with van der Waals surface area (Å²) in [5.41, 5.74) is 3.32. The zero-order valence-corrected chi connectivity index (χ0v) is 24.4. The number of amides is 2. The lowest BCUT2D eigenvalue weighted by molar-refractivity contribution is -0.158. The molecule has 1 aromatic heterocycles. The molecular weight excluding hydrogens is 548 g/mol. The molecule has 0 N–H and O–H groups in total. The molecule has 42 heavy (non-hydrogen) atoms. The SMILES string of the molecule is Cc1cc(-c2nc(CN3CCN(C(=O)OC(C)(C)C)CC3)no2)cc2c1C(=O)N(Cc1ccc(OC(C)(F)F)cc1)C2. The van der Waals surface area contributed by atoms with Crippen LogP contribution < -0.4 is 4.74 Å². The lowest BCUT2D eigenvalue weighted by atomic mass is 10.0. The third-order valence-electron chi connectivity index (χ3n) is 6.98. The first-order valence-electron chi connectivity index (χ1n) is 13.9. The summed E-state index contributed by atoms with van der Waals surface area (Å²) in [6.45, 7) is 11.8. The number of hydrogen-bond donors (Lipinski definition) is 0. The maximum absolute atomic E-state index is 13.2. The van der Waals surface area contributed by atoms with Gasteiger partial charge in [-0.2, -0.15) is 13.8 Å². The van der Waals surface area contributed by atoms with Gasteiger partial charge in [-0.25, -0.2) is 4.79 Å². The number of rotatable bonds is 7. The van der Waals surface area contributed by atoms with Crippen molar-refractivity contribution in [2.45, 2.75) is 66.0 Å². The topological polar surface area (TPSA) is 101 Å². The molecular formula is C30H35F2N5O5. The van der Waals surface area contributed by atoms with Gasteiger partial charge in [-0.1, -0.05) is 17.3 Å². The van der Waals surface area contributed by atoms with Gasteiger partial charge in [0.1, 0.15) is 11.4 Å². The predicted octanol–water partition coefficient (Wildman–Crippen LogP) is 5.25. The largest absolute Gasteiger partial charge is 0.444 e. The van der Waals surface area contributed by atoms with Gasteiger partial charge in [0.05, 0.1) is 6.54 Å². The third kappa shape index (κ3) is 7.04. The van der Waals surface area contributed by atoms with Gasteiger partial charge < -0.3 is 23.8 Å². The zero-order valence-electron chi connectivity index (χ0n) is 24.4. The highest BCUT2D eigenvalue weighted by Crippen LogP contribution is 2.32. The number of alkyl halides is 2. The van der Waals surface area contributed by atoms with Crippen LogP contribution >= 0.6 is 0 Å². The fraction of sp³-hybridized carbons (Fsp3) is 0.467. The first kappa shape index (κ1) is 29.4. The van der Waals surface area contributed by atoms with Crippen LogP contribution in [0.2, 0.25) is 0 Å². The van der Waals surface area contributed by atoms with Gasteiger partial charge in [-0.05, 0) is 68.7 Å². The van der Waals surface area contributed by atoms with E-state index in [1.54, 1.807) is 21.9 Å². The number of piperazine rings is 1. The van der Waals surface area contributed by atoms with Crippen molar-refractivity contribution < 1.29 is 32.4 Å². The molecule has 224 valence electrons. The number of hydrogen-bond acceptors (Lipinski definition) is 8. The molecule has 2 amide bonds. The van der Waals surface area contributed by atoms with Crippen LogP contribution in [0.5, 0.6) is 5.75 Å². The van der Waals surface area contributed by atoms with Gasteiger partial charge in [-0.15, -0.1) is 0 Å². The van der Waals surface area contributed by atoms with Crippen molar-refractivity contribution in [2.24, 2.45) is 0 Å². The Morgan fingerprint density at radius 3 is 2.36 bits per heavy atom. The van der Waals surface area contributed by atoms with Gasteiger partial charge in [0.2, 0.25) is 0 Å². The summed E-state index contributed by atoms with van der Waals surface area (Å²) in [4.78, 5) is 35.7. The highest BCUT2D eigenvalue weighted by atomic mass is 19.3. The summed E-state index contributed by atoms with van der Waals surface area (Å²) in [5.74, 6) is 0.883. The molecule has 12 heteroatoms. The summed E-state index contributed by atoms with van der Waals surface area (Å²) < 4.78 is 41.8. The van der Waals surface area contributed by atoms with E-state index in [2.05, 4.69) is 19.8 Å². The number of ether oxygens (including phenoxy) is 2. The average Bonchev–Trinajstić information content (AvgIpc) is 3.48. The van der Waals surface area contributed by atoms with Crippen molar-refractivity contribution in [3.05, 3.63) is 64.5 Å². The van der Waals surface area contributed by atoms with E-state index in [9.17, 15) is 18.4 Å². The van der Waals surface area contributed by atoms with Crippen molar-refractivity contribution in [3.8, 4) is 17.2 Å². The summed E-state index contributed by atoms with van der Waals surface area (Å²) >= 11 is 0. The van der Waals surface area contributed by atoms with Crippen LogP contribution in [0.15, 0.2) is 40.9 Å². The normalized spacial score (nSPS) is 16.1. The number of carbonyl (C=O) groups excluding carboxylic acids is 2. The Bertz CT molecular complexity index is 1450. The molecule has 2 aromatic carbocycles. The minimum atomic E-state index is -3.26. The Kier molecular flexibility index (Phi) is 7.93. The number of aromatic nitrogens is 2. The van der Waals surface area contributed by atoms with Crippen LogP contribution in [-0.2, 0) is 24.4 Å². The molecule has 2 aliphatic rings. The molecule has 0 unspecified atom stereocenters. The highest BCUT2D eigenvalue weighted by Gasteiger charge is 2.31. The number of nitrogens with zero attached hydrogens (tertiary/aromatic N) is 5. The summed E-state index contributed by atoms with van der Waals surface area (Å²) in [6, 6.07) is 10.1. The smallest absolute Gasteiger partial charge is 0.410 e. The molecule has 5 rings (SSSR count). The Morgan fingerprint density at radius 2 is 1.71 bits per heavy atom. The lowest BCUT2D eigenvalue weighted by Gasteiger charge is -2.35. The monoisotopic (exact) mass is 583 g/mol. The Balaban J connectivity index is 1.20. The fourth-order valence-electron chi connectivity index (χ4n) is 5.12. The lowest BCUT2D eigenvalue weighted by Crippen LogP contribution is -2.49. The Labute approximate surface area is 243 Å². The minimum absolute atomic E-state index is 0.0600. The molecule has 2 aliphatic heterocycles. The van der Waals surface area contributed by atoms with Crippen molar-refractivity contribution in [1.29, 1.82) is 0 Å². The maximum Gasteiger partial charge on any atom is 0.410 e. The first-order valence-corrected chi connectivity index (χ1v) is 13.9. The van der Waals surface area contributed by atoms with Crippen LogP contribution in [0.1, 0.15) is 60.6 Å². The molecule has 0 bridgehead atoms. The number of halogens is 2. The van der Waals surface area contributed by atoms with Crippen LogP contribution in [0.3, 0.4) is 0 Å². The van der Waals surface area contributed by atoms with Gasteiger partial charge in [0.15, 0.2) is 5.82 Å². The molecule has 0 saturated carbocycles. The molecule has 0 atom stereocenters. The number of benzene rings is 2. The second-order valence-electron chi connectivity index (χ2n) is 11.8. The van der Waals surface area contributed by atoms with Gasteiger partial charge >= 0.3 is 12.2 Å². The minimum Gasteiger partial charge on any atom is -0.444 e. The molecule has 0 spiro atoms. The number of fused-ring (bicyclic) bond motifs is 1. The highest BCUT2D eigenvalue weighted by molar-refractivity contribution is 6.00. The van der Waals surface area contributed by atoms with E-state index in [0.29, 0.717) is 70.0 Å². The van der Waals surface area contributed by atoms with E-state index >= 15 is 0 Å². The average molecular weight is 584 g/mol. The van der Waals surface area contributed by atoms with Gasteiger partial charge in [-0.3, -0.25) is 9.69 Å². The first-order chi connectivity index (χ1) is 19.7. The van der Waals surface area contributed by atoms with E-state index < -0.39 is 11.7 Å². The van der Waals surface area contributed by atoms with Crippen molar-refractivity contribution in [2.75, 3.05) is 26.2 Å². The molecule has 1 saturated heterocycles. The molecule has 3 aromatic rings. The van der Waals surface area contributed by atoms with E-state index in [4.69, 9.17) is 9.26 Å². The predicted molar refractivity (Wildman–Crippen MR) is 149 cm³/mol. The second kappa shape index (κ2) is 11.3. The summed E-state index contributed by atoms with van der Waals surface area (Å²) in [7, 11) is 0. The molecule has 1 fully saturated rings. The quantitative estimate of drug-likeness (QED) is 0.372. The van der Waals surface area contributed by atoms with E-state index in [1.807, 2.05) is 39.8 Å². The maximum atomic E-state index is 13.2. The summed E-state index contributed by atoms with van der Waals surface area (Å²) in [6.07, 6.45) is -3.57. The number of aryl methyl sites for hydroxylation is 1. The standard InChI is InChI=1S/C30H35F2N5O5/c1-19-14-21(26-33-24(34-42-26)18-35-10-12-36(13-11-35)28(39)41-29(2,3)4)15-22-17-37(27(38)25(19)22)16-20-6-8-23(9-7-20)40-30(5,31)32/h6-9,14-15H,10-13,16-18H2,1-5H3. The van der Waals surface area contributed by atoms with E-state index in [0.717, 1.165) is 22.3 Å². The third-order valence-corrected chi connectivity index (χ3v) is 6.98. The summed E-state index contributed by atoms with van der Waals surface area (Å²) in [5, 5.41) is 4.16. The fourth-order valence-corrected chi connectivity index (χ4v) is 5.12. The van der Waals surface area contributed by atoms with E-state index in [-0.39, 0.29) is 17.7 Å². The van der Waals surface area contributed by atoms with E-state index in [1.165, 1.54) is 12.1 Å². The van der Waals surface area contributed by atoms with Crippen molar-refractivity contribution in [3.63, 3.8) is 0 Å². The zero-order chi connectivity index (χ0) is 30.2. The van der Waals surface area contributed by atoms with Crippen LogP contribution in [-0.4, -0.2) is 74.7 Å². The van der Waals surface area contributed by atoms with Crippen LogP contribution in [0, 0.1) is 6.92 Å².